The number of rotatable bonds is 2. The molecule has 0 aliphatic carbocycles. The van der Waals surface area contributed by atoms with Crippen molar-refractivity contribution in [2.75, 3.05) is 5.73 Å². The van der Waals surface area contributed by atoms with Crippen LogP contribution in [0, 0.1) is 0 Å². The van der Waals surface area contributed by atoms with Crippen LogP contribution in [0.25, 0.3) is 0 Å². The highest BCUT2D eigenvalue weighted by Gasteiger charge is 2.10. The summed E-state index contributed by atoms with van der Waals surface area (Å²) in [6, 6.07) is 1.85. The van der Waals surface area contributed by atoms with E-state index in [4.69, 9.17) is 21.8 Å². The van der Waals surface area contributed by atoms with Crippen LogP contribution >= 0.6 is 43.5 Å². The monoisotopic (exact) mass is 353 g/mol. The zero-order valence-electron chi connectivity index (χ0n) is 7.38. The van der Waals surface area contributed by atoms with Gasteiger partial charge in [-0.05, 0) is 37.9 Å². The van der Waals surface area contributed by atoms with Crippen molar-refractivity contribution in [3.8, 4) is 0 Å². The Balaban J connectivity index is 2.25. The Morgan fingerprint density at radius 2 is 2.27 bits per heavy atom. The van der Waals surface area contributed by atoms with E-state index in [1.54, 1.807) is 4.68 Å². The van der Waals surface area contributed by atoms with Crippen LogP contribution in [0.5, 0.6) is 0 Å². The van der Waals surface area contributed by atoms with Crippen LogP contribution in [0.4, 0.5) is 5.82 Å². The Hall–Kier alpha value is -0.460. The van der Waals surface area contributed by atoms with Gasteiger partial charge in [0.2, 0.25) is 0 Å². The normalized spacial score (nSPS) is 10.9. The molecule has 0 spiro atoms. The fourth-order valence-corrected chi connectivity index (χ4v) is 1.91. The average molecular weight is 355 g/mol. The number of hydrogen-bond donors (Lipinski definition) is 1. The minimum absolute atomic E-state index is 0.431. The summed E-state index contributed by atoms with van der Waals surface area (Å²) in [5.74, 6) is 1.17. The maximum atomic E-state index is 5.77. The van der Waals surface area contributed by atoms with Crippen molar-refractivity contribution in [2.45, 2.75) is 6.54 Å². The van der Waals surface area contributed by atoms with Gasteiger partial charge in [0.1, 0.15) is 23.1 Å². The second-order valence-corrected chi connectivity index (χ2v) is 4.85. The SMILES string of the molecule is Nc1c(Cl)cnn1Cc1cc(Br)c(Br)o1. The molecule has 0 fully saturated rings. The van der Waals surface area contributed by atoms with E-state index in [1.807, 2.05) is 6.07 Å². The van der Waals surface area contributed by atoms with Gasteiger partial charge in [-0.25, -0.2) is 4.68 Å². The molecule has 0 unspecified atom stereocenters. The minimum Gasteiger partial charge on any atom is -0.451 e. The third kappa shape index (κ3) is 2.21. The van der Waals surface area contributed by atoms with Crippen LogP contribution in [0.1, 0.15) is 5.76 Å². The second kappa shape index (κ2) is 4.19. The van der Waals surface area contributed by atoms with Crippen molar-refractivity contribution in [1.29, 1.82) is 0 Å². The number of nitrogens with zero attached hydrogens (tertiary/aromatic N) is 2. The third-order valence-electron chi connectivity index (χ3n) is 1.84. The molecule has 0 aliphatic heterocycles. The van der Waals surface area contributed by atoms with Gasteiger partial charge in [-0.1, -0.05) is 11.6 Å². The van der Waals surface area contributed by atoms with Crippen LogP contribution in [0.3, 0.4) is 0 Å². The van der Waals surface area contributed by atoms with Gasteiger partial charge in [-0.3, -0.25) is 0 Å². The van der Waals surface area contributed by atoms with Crippen LogP contribution in [-0.2, 0) is 6.54 Å². The Bertz CT molecular complexity index is 475. The Morgan fingerprint density at radius 3 is 2.73 bits per heavy atom. The molecule has 4 nitrogen and oxygen atoms in total. The quantitative estimate of drug-likeness (QED) is 0.899. The molecule has 0 aliphatic rings. The summed E-state index contributed by atoms with van der Waals surface area (Å²) in [7, 11) is 0. The minimum atomic E-state index is 0.431. The topological polar surface area (TPSA) is 57.0 Å². The number of hydrogen-bond acceptors (Lipinski definition) is 3. The number of halogens is 3. The molecule has 2 aromatic heterocycles. The summed E-state index contributed by atoms with van der Waals surface area (Å²) in [6.45, 7) is 0.447. The van der Waals surface area contributed by atoms with Crippen LogP contribution in [0.2, 0.25) is 5.02 Å². The summed E-state index contributed by atoms with van der Waals surface area (Å²) in [4.78, 5) is 0. The predicted molar refractivity (Wildman–Crippen MR) is 64.9 cm³/mol. The van der Waals surface area contributed by atoms with Crippen molar-refractivity contribution >= 4 is 49.3 Å². The summed E-state index contributed by atoms with van der Waals surface area (Å²) in [5.41, 5.74) is 5.70. The Morgan fingerprint density at radius 1 is 1.53 bits per heavy atom. The highest BCUT2D eigenvalue weighted by Crippen LogP contribution is 2.28. The molecule has 0 saturated carbocycles. The van der Waals surface area contributed by atoms with E-state index in [2.05, 4.69) is 37.0 Å². The van der Waals surface area contributed by atoms with E-state index in [-0.39, 0.29) is 0 Å². The highest BCUT2D eigenvalue weighted by molar-refractivity contribution is 9.13. The van der Waals surface area contributed by atoms with Crippen molar-refractivity contribution < 1.29 is 4.42 Å². The lowest BCUT2D eigenvalue weighted by atomic mass is 10.4. The van der Waals surface area contributed by atoms with E-state index < -0.39 is 0 Å². The molecule has 80 valence electrons. The first-order chi connectivity index (χ1) is 7.08. The van der Waals surface area contributed by atoms with Crippen molar-refractivity contribution in [1.82, 2.24) is 9.78 Å². The molecule has 2 aromatic rings. The molecule has 0 saturated heterocycles. The number of nitrogen functional groups attached to an aromatic ring is 1. The molecule has 0 radical (unpaired) electrons. The lowest BCUT2D eigenvalue weighted by molar-refractivity contribution is 0.463. The number of aromatic nitrogens is 2. The standard InChI is InChI=1S/C8H6Br2ClN3O/c9-5-1-4(15-7(5)10)3-14-8(12)6(11)2-13-14/h1-2H,3,12H2. The fourth-order valence-electron chi connectivity index (χ4n) is 1.11. The lowest BCUT2D eigenvalue weighted by Crippen LogP contribution is -2.04. The van der Waals surface area contributed by atoms with E-state index >= 15 is 0 Å². The molecule has 15 heavy (non-hydrogen) atoms. The molecular weight excluding hydrogens is 349 g/mol. The maximum absolute atomic E-state index is 5.77. The third-order valence-corrected chi connectivity index (χ3v) is 3.84. The van der Waals surface area contributed by atoms with Gasteiger partial charge in [0.05, 0.1) is 10.7 Å². The van der Waals surface area contributed by atoms with Gasteiger partial charge in [-0.15, -0.1) is 0 Å². The van der Waals surface area contributed by atoms with Gasteiger partial charge in [-0.2, -0.15) is 5.10 Å². The van der Waals surface area contributed by atoms with Gasteiger partial charge in [0.15, 0.2) is 4.67 Å². The average Bonchev–Trinajstić information content (AvgIpc) is 2.65. The number of anilines is 1. The predicted octanol–water partition coefficient (Wildman–Crippen LogP) is 3.29. The maximum Gasteiger partial charge on any atom is 0.183 e. The van der Waals surface area contributed by atoms with Crippen LogP contribution < -0.4 is 5.73 Å². The van der Waals surface area contributed by atoms with Gasteiger partial charge >= 0.3 is 0 Å². The zero-order valence-corrected chi connectivity index (χ0v) is 11.3. The van der Waals surface area contributed by atoms with Gasteiger partial charge in [0, 0.05) is 0 Å². The molecule has 0 amide bonds. The first kappa shape index (κ1) is 11.0. The number of nitrogens with two attached hydrogens (primary N) is 1. The second-order valence-electron chi connectivity index (χ2n) is 2.87. The van der Waals surface area contributed by atoms with E-state index in [0.717, 1.165) is 10.2 Å². The molecule has 2 N–H and O–H groups in total. The van der Waals surface area contributed by atoms with E-state index in [1.165, 1.54) is 6.20 Å². The smallest absolute Gasteiger partial charge is 0.183 e. The van der Waals surface area contributed by atoms with Crippen molar-refractivity contribution in [2.24, 2.45) is 0 Å². The van der Waals surface area contributed by atoms with Gasteiger partial charge in [0.25, 0.3) is 0 Å². The van der Waals surface area contributed by atoms with Gasteiger partial charge < -0.3 is 10.2 Å². The lowest BCUT2D eigenvalue weighted by Gasteiger charge is -2.00. The fraction of sp³-hybridized carbons (Fsp3) is 0.125. The molecular formula is C8H6Br2ClN3O. The van der Waals surface area contributed by atoms with Crippen LogP contribution in [-0.4, -0.2) is 9.78 Å². The van der Waals surface area contributed by atoms with E-state index in [9.17, 15) is 0 Å². The highest BCUT2D eigenvalue weighted by atomic mass is 79.9. The first-order valence-corrected chi connectivity index (χ1v) is 5.95. The summed E-state index contributed by atoms with van der Waals surface area (Å²) in [6.07, 6.45) is 1.50. The summed E-state index contributed by atoms with van der Waals surface area (Å²) < 4.78 is 8.47. The van der Waals surface area contributed by atoms with Crippen LogP contribution in [0.15, 0.2) is 25.8 Å². The molecule has 2 heterocycles. The summed E-state index contributed by atoms with van der Waals surface area (Å²) >= 11 is 12.4. The Kier molecular flexibility index (Phi) is 3.08. The van der Waals surface area contributed by atoms with Crippen molar-refractivity contribution in [3.63, 3.8) is 0 Å². The zero-order chi connectivity index (χ0) is 11.0. The van der Waals surface area contributed by atoms with Crippen molar-refractivity contribution in [3.05, 3.63) is 32.2 Å². The molecule has 0 aromatic carbocycles. The number of furan rings is 1. The molecule has 0 atom stereocenters. The first-order valence-electron chi connectivity index (χ1n) is 3.98. The van der Waals surface area contributed by atoms with E-state index in [0.29, 0.717) is 22.1 Å². The summed E-state index contributed by atoms with van der Waals surface area (Å²) in [5, 5.41) is 4.46. The largest absolute Gasteiger partial charge is 0.451 e. The molecule has 7 heteroatoms. The molecule has 0 bridgehead atoms. The molecule has 2 rings (SSSR count). The Labute approximate surface area is 108 Å².